The van der Waals surface area contributed by atoms with Crippen molar-refractivity contribution in [3.05, 3.63) is 54.4 Å². The molecule has 0 saturated carbocycles. The smallest absolute Gasteiger partial charge is 0.159 e. The van der Waals surface area contributed by atoms with Crippen LogP contribution in [0.25, 0.3) is 16.7 Å². The molecule has 2 aromatic carbocycles. The molecule has 0 atom stereocenters. The maximum absolute atomic E-state index is 11.5. The fourth-order valence-corrected chi connectivity index (χ4v) is 3.43. The predicted molar refractivity (Wildman–Crippen MR) is 97.1 cm³/mol. The molecule has 1 fully saturated rings. The van der Waals surface area contributed by atoms with Crippen LogP contribution in [-0.2, 0) is 0 Å². The number of nitrogens with zero attached hydrogens (tertiary/aromatic N) is 3. The summed E-state index contributed by atoms with van der Waals surface area (Å²) in [6.07, 6.45) is 5.71. The Bertz CT molecular complexity index is 891. The summed E-state index contributed by atoms with van der Waals surface area (Å²) in [6.45, 7) is 3.85. The van der Waals surface area contributed by atoms with Gasteiger partial charge in [-0.15, -0.1) is 0 Å². The molecule has 0 bridgehead atoms. The lowest BCUT2D eigenvalue weighted by Gasteiger charge is -2.29. The van der Waals surface area contributed by atoms with Gasteiger partial charge in [0.05, 0.1) is 11.0 Å². The number of anilines is 1. The maximum atomic E-state index is 11.5. The molecule has 1 aliphatic rings. The van der Waals surface area contributed by atoms with E-state index in [0.717, 1.165) is 29.8 Å². The summed E-state index contributed by atoms with van der Waals surface area (Å²) in [5.74, 6) is 0.0681. The van der Waals surface area contributed by atoms with Gasteiger partial charge in [-0.25, -0.2) is 4.98 Å². The van der Waals surface area contributed by atoms with E-state index >= 15 is 0 Å². The number of hydrogen-bond donors (Lipinski definition) is 0. The van der Waals surface area contributed by atoms with E-state index in [1.807, 2.05) is 24.5 Å². The fraction of sp³-hybridized carbons (Fsp3) is 0.300. The Kier molecular flexibility index (Phi) is 3.81. The molecule has 122 valence electrons. The van der Waals surface area contributed by atoms with Crippen LogP contribution in [0.2, 0.25) is 0 Å². The van der Waals surface area contributed by atoms with E-state index in [1.54, 1.807) is 6.92 Å². The van der Waals surface area contributed by atoms with Crippen molar-refractivity contribution in [2.75, 3.05) is 18.0 Å². The minimum atomic E-state index is 0.0681. The molecule has 0 aliphatic carbocycles. The van der Waals surface area contributed by atoms with Crippen LogP contribution in [-0.4, -0.2) is 28.4 Å². The van der Waals surface area contributed by atoms with E-state index in [9.17, 15) is 4.79 Å². The molecule has 0 unspecified atom stereocenters. The van der Waals surface area contributed by atoms with Crippen molar-refractivity contribution in [1.29, 1.82) is 0 Å². The van der Waals surface area contributed by atoms with Crippen LogP contribution in [0.4, 0.5) is 5.69 Å². The van der Waals surface area contributed by atoms with E-state index in [-0.39, 0.29) is 5.78 Å². The second-order valence-electron chi connectivity index (χ2n) is 6.44. The van der Waals surface area contributed by atoms with Gasteiger partial charge in [0.25, 0.3) is 0 Å². The molecule has 4 heteroatoms. The van der Waals surface area contributed by atoms with Crippen molar-refractivity contribution in [3.8, 4) is 5.69 Å². The van der Waals surface area contributed by atoms with Gasteiger partial charge in [-0.2, -0.15) is 0 Å². The van der Waals surface area contributed by atoms with E-state index in [1.165, 1.54) is 24.9 Å². The number of carbonyl (C=O) groups excluding carboxylic acids is 1. The standard InChI is InChI=1S/C20H21N3O/c1-15(24)16-8-9-20-19(12-16)21-14-23(20)18-7-5-6-17(13-18)22-10-3-2-4-11-22/h5-9,12-14H,2-4,10-11H2,1H3. The number of imidazole rings is 1. The minimum absolute atomic E-state index is 0.0681. The number of ketones is 1. The zero-order valence-electron chi connectivity index (χ0n) is 13.9. The molecule has 3 aromatic rings. The van der Waals surface area contributed by atoms with Crippen molar-refractivity contribution in [2.24, 2.45) is 0 Å². The zero-order valence-corrected chi connectivity index (χ0v) is 13.9. The Morgan fingerprint density at radius 3 is 2.58 bits per heavy atom. The molecule has 4 nitrogen and oxygen atoms in total. The van der Waals surface area contributed by atoms with Gasteiger partial charge in [0.15, 0.2) is 5.78 Å². The lowest BCUT2D eigenvalue weighted by Crippen LogP contribution is -2.29. The van der Waals surface area contributed by atoms with Crippen LogP contribution in [0, 0.1) is 0 Å². The van der Waals surface area contributed by atoms with Crippen LogP contribution < -0.4 is 4.90 Å². The molecule has 4 rings (SSSR count). The summed E-state index contributed by atoms with van der Waals surface area (Å²) >= 11 is 0. The number of piperidine rings is 1. The Labute approximate surface area is 141 Å². The average Bonchev–Trinajstić information content (AvgIpc) is 3.06. The van der Waals surface area contributed by atoms with Gasteiger partial charge >= 0.3 is 0 Å². The quantitative estimate of drug-likeness (QED) is 0.678. The highest BCUT2D eigenvalue weighted by Crippen LogP contribution is 2.25. The van der Waals surface area contributed by atoms with E-state index < -0.39 is 0 Å². The third kappa shape index (κ3) is 2.68. The van der Waals surface area contributed by atoms with E-state index in [4.69, 9.17) is 0 Å². The first-order valence-corrected chi connectivity index (χ1v) is 8.56. The van der Waals surface area contributed by atoms with Crippen LogP contribution >= 0.6 is 0 Å². The average molecular weight is 319 g/mol. The number of carbonyl (C=O) groups is 1. The highest BCUT2D eigenvalue weighted by atomic mass is 16.1. The Hall–Kier alpha value is -2.62. The molecular formula is C20H21N3O. The summed E-state index contributed by atoms with van der Waals surface area (Å²) in [5, 5.41) is 0. The van der Waals surface area contributed by atoms with Gasteiger partial charge in [0.2, 0.25) is 0 Å². The minimum Gasteiger partial charge on any atom is -0.371 e. The van der Waals surface area contributed by atoms with Crippen molar-refractivity contribution >= 4 is 22.5 Å². The second kappa shape index (κ2) is 6.11. The van der Waals surface area contributed by atoms with Crippen molar-refractivity contribution in [2.45, 2.75) is 26.2 Å². The first-order valence-electron chi connectivity index (χ1n) is 8.56. The molecular weight excluding hydrogens is 298 g/mol. The fourth-order valence-electron chi connectivity index (χ4n) is 3.43. The van der Waals surface area contributed by atoms with Crippen molar-refractivity contribution < 1.29 is 4.79 Å². The number of aromatic nitrogens is 2. The number of Topliss-reactive ketones (excluding diaryl/α,β-unsaturated/α-hetero) is 1. The van der Waals surface area contributed by atoms with Crippen LogP contribution in [0.1, 0.15) is 36.5 Å². The summed E-state index contributed by atoms with van der Waals surface area (Å²) in [7, 11) is 0. The largest absolute Gasteiger partial charge is 0.371 e. The molecule has 2 heterocycles. The van der Waals surface area contributed by atoms with Gasteiger partial charge in [0.1, 0.15) is 6.33 Å². The van der Waals surface area contributed by atoms with Gasteiger partial charge in [-0.05, 0) is 62.6 Å². The summed E-state index contributed by atoms with van der Waals surface area (Å²) in [6, 6.07) is 14.3. The highest BCUT2D eigenvalue weighted by molar-refractivity contribution is 5.97. The topological polar surface area (TPSA) is 38.1 Å². The number of hydrogen-bond acceptors (Lipinski definition) is 3. The Morgan fingerprint density at radius 1 is 1.00 bits per heavy atom. The third-order valence-electron chi connectivity index (χ3n) is 4.78. The number of benzene rings is 2. The molecule has 0 amide bonds. The molecule has 24 heavy (non-hydrogen) atoms. The third-order valence-corrected chi connectivity index (χ3v) is 4.78. The summed E-state index contributed by atoms with van der Waals surface area (Å²) < 4.78 is 2.09. The molecule has 0 radical (unpaired) electrons. The van der Waals surface area contributed by atoms with Gasteiger partial charge < -0.3 is 4.90 Å². The SMILES string of the molecule is CC(=O)c1ccc2c(c1)ncn2-c1cccc(N2CCCCC2)c1. The number of fused-ring (bicyclic) bond motifs is 1. The lowest BCUT2D eigenvalue weighted by molar-refractivity contribution is 0.101. The van der Waals surface area contributed by atoms with E-state index in [2.05, 4.69) is 38.7 Å². The number of rotatable bonds is 3. The molecule has 1 aromatic heterocycles. The second-order valence-corrected chi connectivity index (χ2v) is 6.44. The van der Waals surface area contributed by atoms with Crippen molar-refractivity contribution in [3.63, 3.8) is 0 Å². The Morgan fingerprint density at radius 2 is 1.79 bits per heavy atom. The molecule has 0 spiro atoms. The highest BCUT2D eigenvalue weighted by Gasteiger charge is 2.12. The van der Waals surface area contributed by atoms with Gasteiger partial charge in [-0.1, -0.05) is 6.07 Å². The van der Waals surface area contributed by atoms with Crippen LogP contribution in [0.5, 0.6) is 0 Å². The van der Waals surface area contributed by atoms with Crippen LogP contribution in [0.3, 0.4) is 0 Å². The molecule has 0 N–H and O–H groups in total. The normalized spacial score (nSPS) is 15.0. The molecule has 1 aliphatic heterocycles. The predicted octanol–water partition coefficient (Wildman–Crippen LogP) is 4.22. The maximum Gasteiger partial charge on any atom is 0.159 e. The first kappa shape index (κ1) is 14.9. The van der Waals surface area contributed by atoms with Gasteiger partial charge in [0, 0.05) is 30.0 Å². The summed E-state index contributed by atoms with van der Waals surface area (Å²) in [5.41, 5.74) is 4.96. The van der Waals surface area contributed by atoms with Crippen molar-refractivity contribution in [1.82, 2.24) is 9.55 Å². The van der Waals surface area contributed by atoms with Crippen LogP contribution in [0.15, 0.2) is 48.8 Å². The van der Waals surface area contributed by atoms with Gasteiger partial charge in [-0.3, -0.25) is 9.36 Å². The summed E-state index contributed by atoms with van der Waals surface area (Å²) in [4.78, 5) is 18.5. The lowest BCUT2D eigenvalue weighted by atomic mass is 10.1. The first-order chi connectivity index (χ1) is 11.7. The monoisotopic (exact) mass is 319 g/mol. The zero-order chi connectivity index (χ0) is 16.5. The Balaban J connectivity index is 1.73. The van der Waals surface area contributed by atoms with E-state index in [0.29, 0.717) is 5.56 Å². The molecule has 1 saturated heterocycles.